The molecule has 23 heavy (non-hydrogen) atoms. The van der Waals surface area contributed by atoms with Gasteiger partial charge in [0.1, 0.15) is 24.0 Å². The van der Waals surface area contributed by atoms with E-state index in [-0.39, 0.29) is 5.57 Å². The summed E-state index contributed by atoms with van der Waals surface area (Å²) in [7, 11) is 0. The number of halogens is 1. The number of hydrogen-bond acceptors (Lipinski definition) is 3. The molecular formula is C18H15BrN2O2. The van der Waals surface area contributed by atoms with E-state index in [0.717, 1.165) is 10.0 Å². The minimum Gasteiger partial charge on any atom is -0.488 e. The molecule has 1 amide bonds. The maximum absolute atomic E-state index is 11.1. The normalized spacial score (nSPS) is 10.9. The van der Waals surface area contributed by atoms with Crippen LogP contribution < -0.4 is 10.5 Å². The van der Waals surface area contributed by atoms with E-state index in [0.29, 0.717) is 17.9 Å². The van der Waals surface area contributed by atoms with E-state index in [2.05, 4.69) is 15.9 Å². The van der Waals surface area contributed by atoms with Crippen LogP contribution in [-0.2, 0) is 11.4 Å². The van der Waals surface area contributed by atoms with Crippen LogP contribution in [0.3, 0.4) is 0 Å². The number of carbonyl (C=O) groups excluding carboxylic acids is 1. The van der Waals surface area contributed by atoms with Crippen LogP contribution in [0.1, 0.15) is 16.7 Å². The highest BCUT2D eigenvalue weighted by Crippen LogP contribution is 2.27. The van der Waals surface area contributed by atoms with Crippen molar-refractivity contribution < 1.29 is 9.53 Å². The average molecular weight is 371 g/mol. The molecule has 0 unspecified atom stereocenters. The maximum Gasteiger partial charge on any atom is 0.259 e. The molecule has 0 spiro atoms. The van der Waals surface area contributed by atoms with E-state index in [1.807, 2.05) is 31.2 Å². The summed E-state index contributed by atoms with van der Waals surface area (Å²) in [5, 5.41) is 8.86. The Kier molecular flexibility index (Phi) is 5.56. The Morgan fingerprint density at radius 3 is 2.57 bits per heavy atom. The summed E-state index contributed by atoms with van der Waals surface area (Å²) in [6, 6.07) is 15.2. The molecule has 2 aromatic rings. The van der Waals surface area contributed by atoms with E-state index in [1.165, 1.54) is 11.6 Å². The largest absolute Gasteiger partial charge is 0.488 e. The van der Waals surface area contributed by atoms with Gasteiger partial charge in [-0.2, -0.15) is 5.26 Å². The molecular weight excluding hydrogens is 356 g/mol. The molecule has 116 valence electrons. The third-order valence-electron chi connectivity index (χ3n) is 3.17. The molecule has 0 fully saturated rings. The second-order valence-corrected chi connectivity index (χ2v) is 5.85. The van der Waals surface area contributed by atoms with Gasteiger partial charge in [0.25, 0.3) is 5.91 Å². The predicted molar refractivity (Wildman–Crippen MR) is 92.4 cm³/mol. The summed E-state index contributed by atoms with van der Waals surface area (Å²) in [4.78, 5) is 11.1. The molecule has 0 bridgehead atoms. The van der Waals surface area contributed by atoms with Crippen molar-refractivity contribution >= 4 is 27.9 Å². The fraction of sp³-hybridized carbons (Fsp3) is 0.111. The van der Waals surface area contributed by atoms with Gasteiger partial charge in [0.2, 0.25) is 0 Å². The number of rotatable bonds is 5. The molecule has 5 heteroatoms. The zero-order valence-electron chi connectivity index (χ0n) is 12.5. The Hall–Kier alpha value is -2.58. The first kappa shape index (κ1) is 16.8. The number of ether oxygens (including phenoxy) is 1. The van der Waals surface area contributed by atoms with E-state index < -0.39 is 5.91 Å². The second kappa shape index (κ2) is 7.61. The molecule has 2 N–H and O–H groups in total. The Morgan fingerprint density at radius 2 is 2.00 bits per heavy atom. The van der Waals surface area contributed by atoms with Crippen molar-refractivity contribution in [3.05, 3.63) is 69.2 Å². The van der Waals surface area contributed by atoms with Crippen molar-refractivity contribution in [1.29, 1.82) is 5.26 Å². The number of nitriles is 1. The van der Waals surface area contributed by atoms with Gasteiger partial charge in [-0.3, -0.25) is 4.79 Å². The molecule has 2 rings (SSSR count). The first-order valence-corrected chi connectivity index (χ1v) is 7.68. The number of hydrogen-bond donors (Lipinski definition) is 1. The Balaban J connectivity index is 2.12. The molecule has 0 radical (unpaired) electrons. The van der Waals surface area contributed by atoms with Crippen LogP contribution in [0.25, 0.3) is 6.08 Å². The highest BCUT2D eigenvalue weighted by Gasteiger charge is 2.06. The van der Waals surface area contributed by atoms with Gasteiger partial charge in [0.15, 0.2) is 0 Å². The maximum atomic E-state index is 11.1. The van der Waals surface area contributed by atoms with Crippen molar-refractivity contribution in [2.45, 2.75) is 13.5 Å². The van der Waals surface area contributed by atoms with Crippen LogP contribution in [0.15, 0.2) is 52.5 Å². The molecule has 0 heterocycles. The summed E-state index contributed by atoms with van der Waals surface area (Å²) in [5.41, 5.74) is 8.00. The number of aryl methyl sites for hydroxylation is 1. The van der Waals surface area contributed by atoms with Crippen LogP contribution in [0, 0.1) is 18.3 Å². The first-order chi connectivity index (χ1) is 11.0. The number of carbonyl (C=O) groups is 1. The van der Waals surface area contributed by atoms with Gasteiger partial charge in [0.05, 0.1) is 4.47 Å². The molecule has 0 saturated carbocycles. The Morgan fingerprint density at radius 1 is 1.30 bits per heavy atom. The van der Waals surface area contributed by atoms with E-state index in [9.17, 15) is 4.79 Å². The lowest BCUT2D eigenvalue weighted by Gasteiger charge is -2.09. The molecule has 0 aliphatic carbocycles. The topological polar surface area (TPSA) is 76.1 Å². The number of primary amides is 1. The number of nitrogens with zero attached hydrogens (tertiary/aromatic N) is 1. The van der Waals surface area contributed by atoms with Gasteiger partial charge in [-0.25, -0.2) is 0 Å². The average Bonchev–Trinajstić information content (AvgIpc) is 2.53. The van der Waals surface area contributed by atoms with Crippen molar-refractivity contribution in [3.8, 4) is 11.8 Å². The summed E-state index contributed by atoms with van der Waals surface area (Å²) in [6.45, 7) is 2.49. The van der Waals surface area contributed by atoms with Gasteiger partial charge < -0.3 is 10.5 Å². The second-order valence-electron chi connectivity index (χ2n) is 5.00. The van der Waals surface area contributed by atoms with Crippen LogP contribution >= 0.6 is 15.9 Å². The minimum atomic E-state index is -0.747. The summed E-state index contributed by atoms with van der Waals surface area (Å²) in [5.74, 6) is -0.0661. The van der Waals surface area contributed by atoms with Gasteiger partial charge in [-0.15, -0.1) is 0 Å². The van der Waals surface area contributed by atoms with Crippen molar-refractivity contribution in [3.63, 3.8) is 0 Å². The van der Waals surface area contributed by atoms with E-state index in [1.54, 1.807) is 24.3 Å². The van der Waals surface area contributed by atoms with Crippen LogP contribution in [-0.4, -0.2) is 5.91 Å². The summed E-state index contributed by atoms with van der Waals surface area (Å²) >= 11 is 3.43. The molecule has 0 aliphatic heterocycles. The quantitative estimate of drug-likeness (QED) is 0.643. The van der Waals surface area contributed by atoms with Gasteiger partial charge >= 0.3 is 0 Å². The lowest BCUT2D eigenvalue weighted by Crippen LogP contribution is -2.12. The fourth-order valence-corrected chi connectivity index (χ4v) is 2.41. The predicted octanol–water partition coefficient (Wildman–Crippen LogP) is 3.73. The molecule has 0 aromatic heterocycles. The monoisotopic (exact) mass is 370 g/mol. The van der Waals surface area contributed by atoms with Gasteiger partial charge in [-0.05, 0) is 52.2 Å². The standard InChI is InChI=1S/C18H15BrN2O2/c1-12-2-4-13(5-3-12)11-23-17-7-6-14(9-16(17)19)8-15(10-20)18(21)22/h2-9H,11H2,1H3,(H2,21,22)/b15-8+. The Bertz CT molecular complexity index is 790. The number of benzene rings is 2. The molecule has 0 saturated heterocycles. The van der Waals surface area contributed by atoms with Crippen LogP contribution in [0.2, 0.25) is 0 Å². The van der Waals surface area contributed by atoms with Gasteiger partial charge in [-0.1, -0.05) is 35.9 Å². The van der Waals surface area contributed by atoms with Crippen molar-refractivity contribution in [2.24, 2.45) is 5.73 Å². The summed E-state index contributed by atoms with van der Waals surface area (Å²) in [6.07, 6.45) is 1.44. The zero-order chi connectivity index (χ0) is 16.8. The van der Waals surface area contributed by atoms with Crippen molar-refractivity contribution in [1.82, 2.24) is 0 Å². The SMILES string of the molecule is Cc1ccc(COc2ccc(/C=C(\C#N)C(N)=O)cc2Br)cc1. The molecule has 0 aliphatic rings. The number of amides is 1. The van der Waals surface area contributed by atoms with E-state index >= 15 is 0 Å². The lowest BCUT2D eigenvalue weighted by atomic mass is 10.1. The lowest BCUT2D eigenvalue weighted by molar-refractivity contribution is -0.114. The third-order valence-corrected chi connectivity index (χ3v) is 3.79. The first-order valence-electron chi connectivity index (χ1n) is 6.89. The number of nitrogens with two attached hydrogens (primary N) is 1. The zero-order valence-corrected chi connectivity index (χ0v) is 14.1. The highest BCUT2D eigenvalue weighted by atomic mass is 79.9. The van der Waals surface area contributed by atoms with Crippen LogP contribution in [0.5, 0.6) is 5.75 Å². The van der Waals surface area contributed by atoms with Crippen molar-refractivity contribution in [2.75, 3.05) is 0 Å². The summed E-state index contributed by atoms with van der Waals surface area (Å²) < 4.78 is 6.51. The molecule has 4 nitrogen and oxygen atoms in total. The minimum absolute atomic E-state index is 0.0924. The Labute approximate surface area is 143 Å². The highest BCUT2D eigenvalue weighted by molar-refractivity contribution is 9.10. The van der Waals surface area contributed by atoms with Gasteiger partial charge in [0, 0.05) is 0 Å². The molecule has 2 aromatic carbocycles. The smallest absolute Gasteiger partial charge is 0.259 e. The van der Waals surface area contributed by atoms with E-state index in [4.69, 9.17) is 15.7 Å². The van der Waals surface area contributed by atoms with Crippen LogP contribution in [0.4, 0.5) is 0 Å². The fourth-order valence-electron chi connectivity index (χ4n) is 1.89. The third kappa shape index (κ3) is 4.70. The molecule has 0 atom stereocenters.